The van der Waals surface area contributed by atoms with E-state index in [-0.39, 0.29) is 5.31 Å². The Morgan fingerprint density at radius 3 is 1.54 bits per heavy atom. The summed E-state index contributed by atoms with van der Waals surface area (Å²) < 4.78 is 0. The van der Waals surface area contributed by atoms with Crippen molar-refractivity contribution in [2.24, 2.45) is 0 Å². The molecule has 0 N–H and O–H groups in total. The second kappa shape index (κ2) is 9.38. The Labute approximate surface area is 211 Å². The molecule has 0 saturated carbocycles. The molecule has 0 spiro atoms. The molecule has 0 aliphatic heterocycles. The van der Waals surface area contributed by atoms with Gasteiger partial charge in [0.15, 0.2) is 7.28 Å². The van der Waals surface area contributed by atoms with Gasteiger partial charge in [-0.3, -0.25) is 0 Å². The van der Waals surface area contributed by atoms with Crippen molar-refractivity contribution in [3.05, 3.63) is 113 Å². The quantitative estimate of drug-likeness (QED) is 0.179. The molecule has 1 heteroatoms. The second-order valence-electron chi connectivity index (χ2n) is 10.2. The average molecular weight is 454 g/mol. The Hall–Kier alpha value is -3.32. The number of rotatable bonds is 6. The highest BCUT2D eigenvalue weighted by atomic mass is 14.3. The van der Waals surface area contributed by atoms with E-state index in [9.17, 15) is 0 Å². The van der Waals surface area contributed by atoms with Crippen molar-refractivity contribution >= 4 is 34.3 Å². The van der Waals surface area contributed by atoms with Crippen molar-refractivity contribution in [1.29, 1.82) is 0 Å². The van der Waals surface area contributed by atoms with Gasteiger partial charge < -0.3 is 0 Å². The molecule has 0 amide bonds. The van der Waals surface area contributed by atoms with Crippen LogP contribution in [0, 0.1) is 20.8 Å². The van der Waals surface area contributed by atoms with Crippen LogP contribution in [0.2, 0.25) is 0 Å². The highest BCUT2D eigenvalue weighted by Gasteiger charge is 2.34. The van der Waals surface area contributed by atoms with Crippen molar-refractivity contribution < 1.29 is 0 Å². The summed E-state index contributed by atoms with van der Waals surface area (Å²) in [5.41, 5.74) is 9.89. The minimum Gasteiger partial charge on any atom is -0.0681 e. The lowest BCUT2D eigenvalue weighted by molar-refractivity contribution is 0.553. The lowest BCUT2D eigenvalue weighted by atomic mass is 9.42. The van der Waals surface area contributed by atoms with Gasteiger partial charge in [0.05, 0.1) is 0 Å². The Morgan fingerprint density at radius 1 is 0.600 bits per heavy atom. The van der Waals surface area contributed by atoms with Gasteiger partial charge in [-0.15, -0.1) is 0 Å². The second-order valence-corrected chi connectivity index (χ2v) is 10.2. The fourth-order valence-corrected chi connectivity index (χ4v) is 6.62. The number of benzene rings is 5. The number of fused-ring (bicyclic) bond motifs is 2. The van der Waals surface area contributed by atoms with E-state index in [0.29, 0.717) is 0 Å². The highest BCUT2D eigenvalue weighted by molar-refractivity contribution is 6.64. The monoisotopic (exact) mass is 454 g/mol. The Balaban J connectivity index is 1.84. The van der Waals surface area contributed by atoms with Crippen LogP contribution in [0.4, 0.5) is 0 Å². The Kier molecular flexibility index (Phi) is 6.28. The zero-order valence-corrected chi connectivity index (χ0v) is 21.8. The van der Waals surface area contributed by atoms with Gasteiger partial charge >= 0.3 is 0 Å². The minimum atomic E-state index is 0.0989. The average Bonchev–Trinajstić information content (AvgIpc) is 2.87. The van der Waals surface area contributed by atoms with Crippen LogP contribution in [0.1, 0.15) is 48.9 Å². The van der Waals surface area contributed by atoms with Crippen LogP contribution in [0.15, 0.2) is 91.0 Å². The molecule has 0 aromatic heterocycles. The summed E-state index contributed by atoms with van der Waals surface area (Å²) in [5.74, 6) is 0. The summed E-state index contributed by atoms with van der Waals surface area (Å²) in [4.78, 5) is 0. The van der Waals surface area contributed by atoms with Crippen molar-refractivity contribution in [3.8, 4) is 11.1 Å². The maximum absolute atomic E-state index is 2.38. The van der Waals surface area contributed by atoms with Gasteiger partial charge in [0.1, 0.15) is 0 Å². The van der Waals surface area contributed by atoms with Gasteiger partial charge in [0.2, 0.25) is 0 Å². The summed E-state index contributed by atoms with van der Waals surface area (Å²) in [6.07, 6.45) is 2.24. The van der Waals surface area contributed by atoms with E-state index in [4.69, 9.17) is 0 Å². The standard InChI is InChI=1S/C34H35B/c1-6-34(7-2,32-24(4)21-23(3)22-25(32)5)35-33-29-19-13-11-17-27(29)31(26-15-9-8-10-16-26)28-18-12-14-20-30(28)33/h8-22,35H,6-7H2,1-5H3. The summed E-state index contributed by atoms with van der Waals surface area (Å²) in [6.45, 7) is 11.6. The van der Waals surface area contributed by atoms with Gasteiger partial charge in [-0.1, -0.05) is 129 Å². The van der Waals surface area contributed by atoms with Crippen LogP contribution in [0.3, 0.4) is 0 Å². The molecule has 0 nitrogen and oxygen atoms in total. The van der Waals surface area contributed by atoms with Gasteiger partial charge in [-0.2, -0.15) is 0 Å². The third-order valence-corrected chi connectivity index (χ3v) is 8.18. The maximum Gasteiger partial charge on any atom is 0.171 e. The SMILES string of the molecule is CCC(Bc1c2ccccc2c(-c2ccccc2)c2ccccc12)(CC)c1c(C)cc(C)cc1C. The van der Waals surface area contributed by atoms with E-state index in [1.807, 2.05) is 0 Å². The van der Waals surface area contributed by atoms with Crippen LogP contribution >= 0.6 is 0 Å². The van der Waals surface area contributed by atoms with Crippen LogP contribution in [-0.4, -0.2) is 7.28 Å². The van der Waals surface area contributed by atoms with Crippen LogP contribution < -0.4 is 5.46 Å². The molecule has 5 aromatic carbocycles. The molecular weight excluding hydrogens is 419 g/mol. The molecule has 0 unspecified atom stereocenters. The first-order chi connectivity index (χ1) is 17.0. The lowest BCUT2D eigenvalue weighted by Crippen LogP contribution is -2.41. The molecule has 0 aliphatic rings. The van der Waals surface area contributed by atoms with Crippen LogP contribution in [0.25, 0.3) is 32.7 Å². The van der Waals surface area contributed by atoms with Gasteiger partial charge in [-0.05, 0) is 75.4 Å². The van der Waals surface area contributed by atoms with E-state index in [1.54, 1.807) is 5.56 Å². The molecule has 0 radical (unpaired) electrons. The van der Waals surface area contributed by atoms with Gasteiger partial charge in [0.25, 0.3) is 0 Å². The highest BCUT2D eigenvalue weighted by Crippen LogP contribution is 2.39. The lowest BCUT2D eigenvalue weighted by Gasteiger charge is -2.36. The molecule has 0 bridgehead atoms. The summed E-state index contributed by atoms with van der Waals surface area (Å²) in [6, 6.07) is 33.7. The van der Waals surface area contributed by atoms with E-state index in [0.717, 1.165) is 20.1 Å². The molecule has 0 fully saturated rings. The first-order valence-electron chi connectivity index (χ1n) is 13.0. The largest absolute Gasteiger partial charge is 0.171 e. The summed E-state index contributed by atoms with van der Waals surface area (Å²) in [5, 5.41) is 5.58. The predicted octanol–water partition coefficient (Wildman–Crippen LogP) is 8.36. The molecule has 35 heavy (non-hydrogen) atoms. The molecule has 0 saturated heterocycles. The maximum atomic E-state index is 2.38. The third kappa shape index (κ3) is 3.98. The normalized spacial score (nSPS) is 11.8. The topological polar surface area (TPSA) is 0 Å². The minimum absolute atomic E-state index is 0.0989. The first kappa shape index (κ1) is 23.4. The van der Waals surface area contributed by atoms with Crippen molar-refractivity contribution in [3.63, 3.8) is 0 Å². The molecule has 174 valence electrons. The molecule has 0 heterocycles. The number of hydrogen-bond donors (Lipinski definition) is 0. The van der Waals surface area contributed by atoms with Crippen LogP contribution in [-0.2, 0) is 5.31 Å². The smallest absolute Gasteiger partial charge is 0.0681 e. The van der Waals surface area contributed by atoms with Gasteiger partial charge in [0, 0.05) is 0 Å². The number of hydrogen-bond acceptors (Lipinski definition) is 0. The molecule has 0 aliphatic carbocycles. The zero-order valence-electron chi connectivity index (χ0n) is 21.8. The first-order valence-corrected chi connectivity index (χ1v) is 13.0. The van der Waals surface area contributed by atoms with E-state index < -0.39 is 0 Å². The summed E-state index contributed by atoms with van der Waals surface area (Å²) in [7, 11) is 1.04. The van der Waals surface area contributed by atoms with E-state index in [2.05, 4.69) is 126 Å². The summed E-state index contributed by atoms with van der Waals surface area (Å²) >= 11 is 0. The van der Waals surface area contributed by atoms with Crippen LogP contribution in [0.5, 0.6) is 0 Å². The van der Waals surface area contributed by atoms with Crippen molar-refractivity contribution in [2.45, 2.75) is 52.8 Å². The predicted molar refractivity (Wildman–Crippen MR) is 157 cm³/mol. The fourth-order valence-electron chi connectivity index (χ4n) is 6.62. The fraction of sp³-hybridized carbons (Fsp3) is 0.235. The van der Waals surface area contributed by atoms with E-state index >= 15 is 0 Å². The molecule has 0 atom stereocenters. The van der Waals surface area contributed by atoms with Crippen molar-refractivity contribution in [2.75, 3.05) is 0 Å². The van der Waals surface area contributed by atoms with E-state index in [1.165, 1.54) is 54.8 Å². The zero-order chi connectivity index (χ0) is 24.6. The number of aryl methyl sites for hydroxylation is 3. The molecular formula is C34H35B. The Bertz CT molecular complexity index is 1430. The third-order valence-electron chi connectivity index (χ3n) is 8.18. The Morgan fingerprint density at radius 2 is 1.06 bits per heavy atom. The van der Waals surface area contributed by atoms with Gasteiger partial charge in [-0.25, -0.2) is 0 Å². The molecule has 5 rings (SSSR count). The van der Waals surface area contributed by atoms with Crippen molar-refractivity contribution in [1.82, 2.24) is 0 Å². The molecule has 5 aromatic rings.